The second-order valence-electron chi connectivity index (χ2n) is 5.28. The van der Waals surface area contributed by atoms with Crippen LogP contribution in [0.2, 0.25) is 0 Å². The summed E-state index contributed by atoms with van der Waals surface area (Å²) >= 11 is 0. The molecule has 0 amide bonds. The molecular weight excluding hydrogens is 258 g/mol. The summed E-state index contributed by atoms with van der Waals surface area (Å²) in [5, 5.41) is 8.91. The Morgan fingerprint density at radius 1 is 1.35 bits per heavy atom. The molecule has 0 saturated carbocycles. The lowest BCUT2D eigenvalue weighted by Gasteiger charge is -2.35. The summed E-state index contributed by atoms with van der Waals surface area (Å²) in [5.41, 5.74) is 6.52. The van der Waals surface area contributed by atoms with Gasteiger partial charge in [0.15, 0.2) is 0 Å². The van der Waals surface area contributed by atoms with Crippen LogP contribution in [-0.2, 0) is 16.0 Å². The number of benzene rings is 1. The molecule has 0 spiro atoms. The third-order valence-electron chi connectivity index (χ3n) is 3.83. The van der Waals surface area contributed by atoms with Gasteiger partial charge in [0.2, 0.25) is 0 Å². The fourth-order valence-corrected chi connectivity index (χ4v) is 2.40. The number of carboxylic acid groups (broad SMARTS) is 1. The predicted molar refractivity (Wildman–Crippen MR) is 74.8 cm³/mol. The fourth-order valence-electron chi connectivity index (χ4n) is 2.40. The molecule has 0 radical (unpaired) electrons. The molecule has 1 saturated heterocycles. The minimum Gasteiger partial charge on any atom is -0.493 e. The van der Waals surface area contributed by atoms with E-state index in [1.54, 1.807) is 6.07 Å². The molecular formula is C15H21NO4. The maximum Gasteiger partial charge on any atom is 0.307 e. The smallest absolute Gasteiger partial charge is 0.307 e. The van der Waals surface area contributed by atoms with Gasteiger partial charge in [-0.25, -0.2) is 0 Å². The molecule has 20 heavy (non-hydrogen) atoms. The standard InChI is InChI=1S/C15H21NO4/c16-10-15(5-7-19-8-6-15)11-20-13-4-2-1-3-12(13)9-14(17)18/h1-4H,5-11,16H2,(H,17,18). The van der Waals surface area contributed by atoms with E-state index in [1.807, 2.05) is 18.2 Å². The van der Waals surface area contributed by atoms with Crippen LogP contribution in [0.4, 0.5) is 0 Å². The first-order valence-electron chi connectivity index (χ1n) is 6.85. The van der Waals surface area contributed by atoms with Crippen LogP contribution in [0.15, 0.2) is 24.3 Å². The summed E-state index contributed by atoms with van der Waals surface area (Å²) in [7, 11) is 0. The number of carboxylic acids is 1. The molecule has 0 atom stereocenters. The van der Waals surface area contributed by atoms with E-state index in [9.17, 15) is 4.79 Å². The summed E-state index contributed by atoms with van der Waals surface area (Å²) in [6.45, 7) is 2.47. The highest BCUT2D eigenvalue weighted by atomic mass is 16.5. The van der Waals surface area contributed by atoms with Gasteiger partial charge in [0, 0.05) is 30.7 Å². The van der Waals surface area contributed by atoms with Gasteiger partial charge in [-0.2, -0.15) is 0 Å². The lowest BCUT2D eigenvalue weighted by Crippen LogP contribution is -2.41. The van der Waals surface area contributed by atoms with Crippen LogP contribution in [-0.4, -0.2) is 37.4 Å². The lowest BCUT2D eigenvalue weighted by molar-refractivity contribution is -0.136. The van der Waals surface area contributed by atoms with Crippen LogP contribution in [0.3, 0.4) is 0 Å². The largest absolute Gasteiger partial charge is 0.493 e. The van der Waals surface area contributed by atoms with E-state index < -0.39 is 5.97 Å². The number of aliphatic carboxylic acids is 1. The maximum absolute atomic E-state index is 10.9. The number of hydrogen-bond donors (Lipinski definition) is 2. The molecule has 0 aromatic heterocycles. The Morgan fingerprint density at radius 2 is 2.05 bits per heavy atom. The van der Waals surface area contributed by atoms with E-state index in [2.05, 4.69) is 0 Å². The number of ether oxygens (including phenoxy) is 2. The number of hydrogen-bond acceptors (Lipinski definition) is 4. The van der Waals surface area contributed by atoms with Crippen LogP contribution in [0.25, 0.3) is 0 Å². The molecule has 2 rings (SSSR count). The molecule has 1 aromatic carbocycles. The molecule has 0 unspecified atom stereocenters. The summed E-state index contributed by atoms with van der Waals surface area (Å²) in [6, 6.07) is 7.25. The molecule has 0 bridgehead atoms. The van der Waals surface area contributed by atoms with E-state index in [0.717, 1.165) is 12.8 Å². The van der Waals surface area contributed by atoms with E-state index >= 15 is 0 Å². The first kappa shape index (κ1) is 14.8. The van der Waals surface area contributed by atoms with Gasteiger partial charge in [-0.1, -0.05) is 18.2 Å². The van der Waals surface area contributed by atoms with Crippen molar-refractivity contribution >= 4 is 5.97 Å². The number of para-hydroxylation sites is 1. The molecule has 0 aliphatic carbocycles. The van der Waals surface area contributed by atoms with Gasteiger partial charge < -0.3 is 20.3 Å². The Hall–Kier alpha value is -1.59. The average Bonchev–Trinajstić information content (AvgIpc) is 2.47. The molecule has 1 aliphatic heterocycles. The van der Waals surface area contributed by atoms with Crippen molar-refractivity contribution in [2.75, 3.05) is 26.4 Å². The van der Waals surface area contributed by atoms with Crippen molar-refractivity contribution in [2.45, 2.75) is 19.3 Å². The van der Waals surface area contributed by atoms with Gasteiger partial charge >= 0.3 is 5.97 Å². The van der Waals surface area contributed by atoms with Gasteiger partial charge in [0.25, 0.3) is 0 Å². The number of nitrogens with two attached hydrogens (primary N) is 1. The summed E-state index contributed by atoms with van der Waals surface area (Å²) in [4.78, 5) is 10.9. The van der Waals surface area contributed by atoms with Gasteiger partial charge in [-0.15, -0.1) is 0 Å². The highest BCUT2D eigenvalue weighted by Crippen LogP contribution is 2.31. The Morgan fingerprint density at radius 3 is 2.70 bits per heavy atom. The highest BCUT2D eigenvalue weighted by Gasteiger charge is 2.32. The lowest BCUT2D eigenvalue weighted by atomic mass is 9.81. The molecule has 110 valence electrons. The average molecular weight is 279 g/mol. The van der Waals surface area contributed by atoms with Crippen molar-refractivity contribution in [1.29, 1.82) is 0 Å². The third-order valence-corrected chi connectivity index (χ3v) is 3.83. The van der Waals surface area contributed by atoms with Crippen LogP contribution in [0, 0.1) is 5.41 Å². The van der Waals surface area contributed by atoms with Crippen molar-refractivity contribution < 1.29 is 19.4 Å². The zero-order valence-corrected chi connectivity index (χ0v) is 11.5. The zero-order chi connectivity index (χ0) is 14.4. The van der Waals surface area contributed by atoms with E-state index in [1.165, 1.54) is 0 Å². The van der Waals surface area contributed by atoms with Crippen molar-refractivity contribution in [3.05, 3.63) is 29.8 Å². The quantitative estimate of drug-likeness (QED) is 0.823. The zero-order valence-electron chi connectivity index (χ0n) is 11.5. The second-order valence-corrected chi connectivity index (χ2v) is 5.28. The Balaban J connectivity index is 2.04. The predicted octanol–water partition coefficient (Wildman–Crippen LogP) is 1.45. The minimum absolute atomic E-state index is 0.0328. The molecule has 5 nitrogen and oxygen atoms in total. The second kappa shape index (κ2) is 6.72. The van der Waals surface area contributed by atoms with Gasteiger partial charge in [-0.3, -0.25) is 4.79 Å². The Bertz CT molecular complexity index is 455. The Kier molecular flexibility index (Phi) is 4.98. The fraction of sp³-hybridized carbons (Fsp3) is 0.533. The molecule has 3 N–H and O–H groups in total. The third kappa shape index (κ3) is 3.71. The topological polar surface area (TPSA) is 81.8 Å². The SMILES string of the molecule is NCC1(COc2ccccc2CC(=O)O)CCOCC1. The monoisotopic (exact) mass is 279 g/mol. The van der Waals surface area contributed by atoms with Crippen molar-refractivity contribution in [1.82, 2.24) is 0 Å². The first-order valence-corrected chi connectivity index (χ1v) is 6.85. The number of rotatable bonds is 6. The first-order chi connectivity index (χ1) is 9.65. The van der Waals surface area contributed by atoms with Gasteiger partial charge in [-0.05, 0) is 18.9 Å². The van der Waals surface area contributed by atoms with Crippen molar-refractivity contribution in [2.24, 2.45) is 11.1 Å². The van der Waals surface area contributed by atoms with Crippen LogP contribution >= 0.6 is 0 Å². The van der Waals surface area contributed by atoms with Gasteiger partial charge in [0.05, 0.1) is 13.0 Å². The summed E-state index contributed by atoms with van der Waals surface area (Å²) in [5.74, 6) is -0.227. The van der Waals surface area contributed by atoms with Crippen LogP contribution in [0.5, 0.6) is 5.75 Å². The molecule has 5 heteroatoms. The van der Waals surface area contributed by atoms with Crippen molar-refractivity contribution in [3.63, 3.8) is 0 Å². The number of carbonyl (C=O) groups is 1. The van der Waals surface area contributed by atoms with Crippen LogP contribution < -0.4 is 10.5 Å². The van der Waals surface area contributed by atoms with E-state index in [0.29, 0.717) is 37.7 Å². The summed E-state index contributed by atoms with van der Waals surface area (Å²) < 4.78 is 11.2. The normalized spacial score (nSPS) is 17.6. The molecule has 1 fully saturated rings. The Labute approximate surface area is 118 Å². The van der Waals surface area contributed by atoms with Crippen LogP contribution in [0.1, 0.15) is 18.4 Å². The van der Waals surface area contributed by atoms with E-state index in [-0.39, 0.29) is 11.8 Å². The summed E-state index contributed by atoms with van der Waals surface area (Å²) in [6.07, 6.45) is 1.73. The maximum atomic E-state index is 10.9. The molecule has 1 heterocycles. The van der Waals surface area contributed by atoms with E-state index in [4.69, 9.17) is 20.3 Å². The van der Waals surface area contributed by atoms with Gasteiger partial charge in [0.1, 0.15) is 5.75 Å². The molecule has 1 aromatic rings. The highest BCUT2D eigenvalue weighted by molar-refractivity contribution is 5.71. The minimum atomic E-state index is -0.861. The van der Waals surface area contributed by atoms with Crippen molar-refractivity contribution in [3.8, 4) is 5.75 Å². The molecule has 1 aliphatic rings.